The van der Waals surface area contributed by atoms with Gasteiger partial charge in [-0.3, -0.25) is 0 Å². The molecule has 138 valence electrons. The van der Waals surface area contributed by atoms with Crippen molar-refractivity contribution in [2.24, 2.45) is 0 Å². The van der Waals surface area contributed by atoms with Gasteiger partial charge in [-0.05, 0) is 37.6 Å². The molecule has 0 bridgehead atoms. The van der Waals surface area contributed by atoms with Crippen LogP contribution in [-0.2, 0) is 6.54 Å². The zero-order chi connectivity index (χ0) is 18.6. The predicted molar refractivity (Wildman–Crippen MR) is 106 cm³/mol. The Morgan fingerprint density at radius 1 is 1.04 bits per heavy atom. The molecule has 1 N–H and O–H groups in total. The highest BCUT2D eigenvalue weighted by Gasteiger charge is 2.16. The van der Waals surface area contributed by atoms with Gasteiger partial charge in [0, 0.05) is 30.5 Å². The van der Waals surface area contributed by atoms with Gasteiger partial charge in [0.2, 0.25) is 12.7 Å². The van der Waals surface area contributed by atoms with Gasteiger partial charge < -0.3 is 19.7 Å². The van der Waals surface area contributed by atoms with E-state index in [4.69, 9.17) is 14.5 Å². The van der Waals surface area contributed by atoms with Crippen LogP contribution < -0.4 is 19.7 Å². The normalized spacial score (nSPS) is 12.3. The van der Waals surface area contributed by atoms with E-state index in [2.05, 4.69) is 41.2 Å². The Labute approximate surface area is 158 Å². The van der Waals surface area contributed by atoms with Crippen molar-refractivity contribution in [3.8, 4) is 11.5 Å². The Balaban J connectivity index is 1.55. The van der Waals surface area contributed by atoms with Crippen molar-refractivity contribution in [1.82, 2.24) is 9.97 Å². The van der Waals surface area contributed by atoms with Crippen LogP contribution in [0.1, 0.15) is 19.4 Å². The van der Waals surface area contributed by atoms with Gasteiger partial charge in [0.1, 0.15) is 5.82 Å². The molecule has 4 rings (SSSR count). The summed E-state index contributed by atoms with van der Waals surface area (Å²) in [7, 11) is 0. The molecule has 6 nitrogen and oxygen atoms in total. The summed E-state index contributed by atoms with van der Waals surface area (Å²) in [4.78, 5) is 11.4. The van der Waals surface area contributed by atoms with E-state index in [9.17, 15) is 0 Å². The molecule has 0 atom stereocenters. The van der Waals surface area contributed by atoms with E-state index < -0.39 is 0 Å². The number of nitrogens with one attached hydrogen (secondary N) is 1. The maximum Gasteiger partial charge on any atom is 0.231 e. The monoisotopic (exact) mass is 362 g/mol. The molecule has 0 spiro atoms. The summed E-state index contributed by atoms with van der Waals surface area (Å²) in [6.07, 6.45) is 1.78. The molecule has 2 heterocycles. The zero-order valence-corrected chi connectivity index (χ0v) is 15.4. The molecule has 0 fully saturated rings. The Hall–Kier alpha value is -3.28. The second-order valence-electron chi connectivity index (χ2n) is 6.64. The zero-order valence-electron chi connectivity index (χ0n) is 15.4. The van der Waals surface area contributed by atoms with Gasteiger partial charge in [0.15, 0.2) is 11.5 Å². The Morgan fingerprint density at radius 2 is 1.85 bits per heavy atom. The molecule has 0 saturated carbocycles. The third kappa shape index (κ3) is 3.95. The van der Waals surface area contributed by atoms with Crippen molar-refractivity contribution in [3.05, 3.63) is 66.4 Å². The lowest BCUT2D eigenvalue weighted by Crippen LogP contribution is -2.31. The Morgan fingerprint density at radius 3 is 2.67 bits per heavy atom. The van der Waals surface area contributed by atoms with Crippen LogP contribution in [0.25, 0.3) is 0 Å². The van der Waals surface area contributed by atoms with E-state index >= 15 is 0 Å². The summed E-state index contributed by atoms with van der Waals surface area (Å²) < 4.78 is 10.8. The fraction of sp³-hybridized carbons (Fsp3) is 0.238. The quantitative estimate of drug-likeness (QED) is 0.703. The van der Waals surface area contributed by atoms with E-state index in [0.29, 0.717) is 5.95 Å². The highest BCUT2D eigenvalue weighted by atomic mass is 16.7. The molecule has 0 unspecified atom stereocenters. The van der Waals surface area contributed by atoms with E-state index in [0.717, 1.165) is 29.5 Å². The molecule has 0 amide bonds. The maximum absolute atomic E-state index is 5.43. The lowest BCUT2D eigenvalue weighted by Gasteiger charge is -2.27. The minimum atomic E-state index is 0.263. The number of benzene rings is 2. The minimum Gasteiger partial charge on any atom is -0.454 e. The largest absolute Gasteiger partial charge is 0.454 e. The average molecular weight is 362 g/mol. The van der Waals surface area contributed by atoms with E-state index in [1.54, 1.807) is 6.20 Å². The summed E-state index contributed by atoms with van der Waals surface area (Å²) in [6.45, 7) is 5.31. The van der Waals surface area contributed by atoms with Gasteiger partial charge >= 0.3 is 0 Å². The second kappa shape index (κ2) is 7.53. The second-order valence-corrected chi connectivity index (χ2v) is 6.64. The highest BCUT2D eigenvalue weighted by molar-refractivity contribution is 5.62. The van der Waals surface area contributed by atoms with Crippen LogP contribution in [0.3, 0.4) is 0 Å². The molecule has 6 heteroatoms. The number of fused-ring (bicyclic) bond motifs is 1. The number of rotatable bonds is 6. The molecule has 3 aromatic rings. The molecule has 27 heavy (non-hydrogen) atoms. The van der Waals surface area contributed by atoms with Crippen LogP contribution >= 0.6 is 0 Å². The summed E-state index contributed by atoms with van der Waals surface area (Å²) in [5.41, 5.74) is 2.12. The molecule has 1 aliphatic heterocycles. The first kappa shape index (κ1) is 17.1. The van der Waals surface area contributed by atoms with Crippen molar-refractivity contribution in [2.45, 2.75) is 26.4 Å². The summed E-state index contributed by atoms with van der Waals surface area (Å²) in [6, 6.07) is 18.2. The standard InChI is InChI=1S/C21H22N4O2/c1-15(2)25(13-16-6-4-3-5-7-16)21-22-11-10-20(24-21)23-17-8-9-18-19(12-17)27-14-26-18/h3-12,15H,13-14H2,1-2H3,(H,22,23,24). The van der Waals surface area contributed by atoms with Crippen LogP contribution in [0.2, 0.25) is 0 Å². The average Bonchev–Trinajstić information content (AvgIpc) is 3.15. The lowest BCUT2D eigenvalue weighted by molar-refractivity contribution is 0.174. The minimum absolute atomic E-state index is 0.263. The summed E-state index contributed by atoms with van der Waals surface area (Å²) in [5, 5.41) is 3.32. The van der Waals surface area contributed by atoms with Crippen LogP contribution in [0.15, 0.2) is 60.8 Å². The summed E-state index contributed by atoms with van der Waals surface area (Å²) >= 11 is 0. The van der Waals surface area contributed by atoms with E-state index in [1.807, 2.05) is 42.5 Å². The van der Waals surface area contributed by atoms with E-state index in [1.165, 1.54) is 5.56 Å². The number of hydrogen-bond acceptors (Lipinski definition) is 6. The Bertz CT molecular complexity index is 915. The summed E-state index contributed by atoms with van der Waals surface area (Å²) in [5.74, 6) is 2.93. The molecule has 0 radical (unpaired) electrons. The highest BCUT2D eigenvalue weighted by Crippen LogP contribution is 2.35. The van der Waals surface area contributed by atoms with Crippen LogP contribution in [0, 0.1) is 0 Å². The Kier molecular flexibility index (Phi) is 4.78. The topological polar surface area (TPSA) is 59.5 Å². The number of aromatic nitrogens is 2. The SMILES string of the molecule is CC(C)N(Cc1ccccc1)c1nccc(Nc2ccc3c(c2)OCO3)n1. The van der Waals surface area contributed by atoms with Crippen molar-refractivity contribution in [3.63, 3.8) is 0 Å². The first-order valence-corrected chi connectivity index (χ1v) is 8.99. The number of anilines is 3. The number of hydrogen-bond donors (Lipinski definition) is 1. The fourth-order valence-corrected chi connectivity index (χ4v) is 2.94. The third-order valence-electron chi connectivity index (χ3n) is 4.36. The predicted octanol–water partition coefficient (Wildman–Crippen LogP) is 4.36. The molecular formula is C21H22N4O2. The van der Waals surface area contributed by atoms with Gasteiger partial charge in [-0.2, -0.15) is 4.98 Å². The molecule has 2 aromatic carbocycles. The molecule has 0 aliphatic carbocycles. The van der Waals surface area contributed by atoms with Crippen LogP contribution in [0.4, 0.5) is 17.5 Å². The van der Waals surface area contributed by atoms with Crippen molar-refractivity contribution < 1.29 is 9.47 Å². The first-order valence-electron chi connectivity index (χ1n) is 8.99. The van der Waals surface area contributed by atoms with Gasteiger partial charge in [0.25, 0.3) is 0 Å². The van der Waals surface area contributed by atoms with Gasteiger partial charge in [-0.15, -0.1) is 0 Å². The van der Waals surface area contributed by atoms with Crippen molar-refractivity contribution in [2.75, 3.05) is 17.0 Å². The molecule has 1 aromatic heterocycles. The molecule has 0 saturated heterocycles. The van der Waals surface area contributed by atoms with Gasteiger partial charge in [-0.25, -0.2) is 4.98 Å². The van der Waals surface area contributed by atoms with Crippen LogP contribution in [0.5, 0.6) is 11.5 Å². The third-order valence-corrected chi connectivity index (χ3v) is 4.36. The molecule has 1 aliphatic rings. The fourth-order valence-electron chi connectivity index (χ4n) is 2.94. The first-order chi connectivity index (χ1) is 13.2. The van der Waals surface area contributed by atoms with Crippen molar-refractivity contribution in [1.29, 1.82) is 0 Å². The molecular weight excluding hydrogens is 340 g/mol. The van der Waals surface area contributed by atoms with Crippen molar-refractivity contribution >= 4 is 17.5 Å². The van der Waals surface area contributed by atoms with Gasteiger partial charge in [-0.1, -0.05) is 30.3 Å². The maximum atomic E-state index is 5.43. The smallest absolute Gasteiger partial charge is 0.231 e. The number of ether oxygens (including phenoxy) is 2. The van der Waals surface area contributed by atoms with Crippen LogP contribution in [-0.4, -0.2) is 22.8 Å². The number of nitrogens with zero attached hydrogens (tertiary/aromatic N) is 3. The van der Waals surface area contributed by atoms with Gasteiger partial charge in [0.05, 0.1) is 0 Å². The lowest BCUT2D eigenvalue weighted by atomic mass is 10.2. The van der Waals surface area contributed by atoms with E-state index in [-0.39, 0.29) is 12.8 Å².